The van der Waals surface area contributed by atoms with Gasteiger partial charge in [-0.25, -0.2) is 0 Å². The molecule has 1 aromatic heterocycles. The van der Waals surface area contributed by atoms with E-state index in [1.807, 2.05) is 7.05 Å². The van der Waals surface area contributed by atoms with Gasteiger partial charge in [-0.2, -0.15) is 5.10 Å². The summed E-state index contributed by atoms with van der Waals surface area (Å²) in [7, 11) is 1.81. The molecule has 0 atom stereocenters. The van der Waals surface area contributed by atoms with E-state index in [2.05, 4.69) is 10.4 Å². The maximum Gasteiger partial charge on any atom is 0.183 e. The number of rotatable bonds is 2. The third-order valence-electron chi connectivity index (χ3n) is 2.78. The number of carbonyl (C=O) groups excluding carboxylic acids is 1. The minimum absolute atomic E-state index is 0.187. The van der Waals surface area contributed by atoms with Crippen LogP contribution in [-0.4, -0.2) is 28.7 Å². The Labute approximate surface area is 83.3 Å². The Balaban J connectivity index is 2.11. The Bertz CT molecular complexity index is 326. The van der Waals surface area contributed by atoms with Gasteiger partial charge in [0.25, 0.3) is 0 Å². The summed E-state index contributed by atoms with van der Waals surface area (Å²) in [5.74, 6) is 0.429. The van der Waals surface area contributed by atoms with Crippen molar-refractivity contribution in [2.24, 2.45) is 13.0 Å². The number of nitrogens with zero attached hydrogens (tertiary/aromatic N) is 2. The van der Waals surface area contributed by atoms with Gasteiger partial charge in [-0.15, -0.1) is 0 Å². The molecule has 0 radical (unpaired) electrons. The third-order valence-corrected chi connectivity index (χ3v) is 2.78. The van der Waals surface area contributed by atoms with Crippen molar-refractivity contribution in [2.75, 3.05) is 13.1 Å². The zero-order valence-corrected chi connectivity index (χ0v) is 8.36. The van der Waals surface area contributed by atoms with Crippen molar-refractivity contribution in [2.45, 2.75) is 12.8 Å². The molecule has 2 heterocycles. The van der Waals surface area contributed by atoms with Crippen LogP contribution < -0.4 is 5.32 Å². The molecule has 0 saturated carbocycles. The van der Waals surface area contributed by atoms with Crippen LogP contribution in [0.4, 0.5) is 0 Å². The number of hydrogen-bond acceptors (Lipinski definition) is 3. The molecule has 1 aliphatic rings. The first-order valence-corrected chi connectivity index (χ1v) is 5.02. The molecule has 0 bridgehead atoms. The van der Waals surface area contributed by atoms with E-state index < -0.39 is 0 Å². The number of ketones is 1. The summed E-state index contributed by atoms with van der Waals surface area (Å²) in [6.07, 6.45) is 3.57. The largest absolute Gasteiger partial charge is 0.317 e. The number of aromatic nitrogens is 2. The number of aryl methyl sites for hydroxylation is 1. The number of Topliss-reactive ketones (excluding diaryl/α,β-unsaturated/α-hetero) is 1. The molecular formula is C10H15N3O. The lowest BCUT2D eigenvalue weighted by Gasteiger charge is -2.21. The Morgan fingerprint density at radius 1 is 1.57 bits per heavy atom. The highest BCUT2D eigenvalue weighted by Gasteiger charge is 2.23. The van der Waals surface area contributed by atoms with E-state index in [0.717, 1.165) is 31.6 Å². The number of nitrogens with one attached hydrogen (secondary N) is 1. The van der Waals surface area contributed by atoms with Gasteiger partial charge >= 0.3 is 0 Å². The van der Waals surface area contributed by atoms with E-state index in [0.29, 0.717) is 0 Å². The minimum atomic E-state index is 0.187. The molecule has 4 heteroatoms. The maximum atomic E-state index is 12.0. The summed E-state index contributed by atoms with van der Waals surface area (Å²) >= 11 is 0. The van der Waals surface area contributed by atoms with Crippen molar-refractivity contribution in [1.29, 1.82) is 0 Å². The summed E-state index contributed by atoms with van der Waals surface area (Å²) in [5.41, 5.74) is 0.733. The molecule has 14 heavy (non-hydrogen) atoms. The van der Waals surface area contributed by atoms with Gasteiger partial charge < -0.3 is 5.32 Å². The minimum Gasteiger partial charge on any atom is -0.317 e. The van der Waals surface area contributed by atoms with Crippen molar-refractivity contribution in [3.63, 3.8) is 0 Å². The SMILES string of the molecule is Cn1nccc1C(=O)C1CCNCC1. The van der Waals surface area contributed by atoms with Crippen LogP contribution in [0.15, 0.2) is 12.3 Å². The zero-order valence-electron chi connectivity index (χ0n) is 8.36. The van der Waals surface area contributed by atoms with Crippen molar-refractivity contribution in [3.8, 4) is 0 Å². The summed E-state index contributed by atoms with van der Waals surface area (Å²) in [4.78, 5) is 12.0. The van der Waals surface area contributed by atoms with Gasteiger partial charge in [-0.05, 0) is 32.0 Å². The van der Waals surface area contributed by atoms with E-state index in [9.17, 15) is 4.79 Å². The van der Waals surface area contributed by atoms with Gasteiger partial charge in [0.05, 0.1) is 0 Å². The Morgan fingerprint density at radius 2 is 2.29 bits per heavy atom. The molecule has 1 N–H and O–H groups in total. The molecule has 4 nitrogen and oxygen atoms in total. The maximum absolute atomic E-state index is 12.0. The van der Waals surface area contributed by atoms with Gasteiger partial charge in [-0.3, -0.25) is 9.48 Å². The highest BCUT2D eigenvalue weighted by atomic mass is 16.1. The molecule has 0 aromatic carbocycles. The fourth-order valence-electron chi connectivity index (χ4n) is 1.91. The van der Waals surface area contributed by atoms with Crippen LogP contribution in [0.25, 0.3) is 0 Å². The topological polar surface area (TPSA) is 46.9 Å². The van der Waals surface area contributed by atoms with Crippen molar-refractivity contribution < 1.29 is 4.79 Å². The zero-order chi connectivity index (χ0) is 9.97. The van der Waals surface area contributed by atoms with Crippen LogP contribution in [0.1, 0.15) is 23.3 Å². The van der Waals surface area contributed by atoms with Gasteiger partial charge in [0.15, 0.2) is 5.78 Å². The quantitative estimate of drug-likeness (QED) is 0.700. The standard InChI is InChI=1S/C10H15N3O/c1-13-9(4-7-12-13)10(14)8-2-5-11-6-3-8/h4,7-8,11H,2-3,5-6H2,1H3. The molecule has 2 rings (SSSR count). The predicted octanol–water partition coefficient (Wildman–Crippen LogP) is 0.602. The van der Waals surface area contributed by atoms with Gasteiger partial charge in [0.1, 0.15) is 5.69 Å². The van der Waals surface area contributed by atoms with Crippen LogP contribution in [-0.2, 0) is 7.05 Å². The lowest BCUT2D eigenvalue weighted by atomic mass is 9.92. The van der Waals surface area contributed by atoms with Crippen LogP contribution in [0.2, 0.25) is 0 Å². The highest BCUT2D eigenvalue weighted by molar-refractivity contribution is 5.96. The molecule has 1 aromatic rings. The third kappa shape index (κ3) is 1.70. The Hall–Kier alpha value is -1.16. The fraction of sp³-hybridized carbons (Fsp3) is 0.600. The summed E-state index contributed by atoms with van der Waals surface area (Å²) in [6.45, 7) is 1.91. The molecule has 0 amide bonds. The normalized spacial score (nSPS) is 18.4. The summed E-state index contributed by atoms with van der Waals surface area (Å²) in [6, 6.07) is 1.80. The van der Waals surface area contributed by atoms with E-state index >= 15 is 0 Å². The van der Waals surface area contributed by atoms with E-state index in [1.54, 1.807) is 16.9 Å². The average molecular weight is 193 g/mol. The van der Waals surface area contributed by atoms with Gasteiger partial charge in [0.2, 0.25) is 0 Å². The molecule has 0 spiro atoms. The van der Waals surface area contributed by atoms with Gasteiger partial charge in [0, 0.05) is 19.2 Å². The van der Waals surface area contributed by atoms with E-state index in [4.69, 9.17) is 0 Å². The number of piperidine rings is 1. The van der Waals surface area contributed by atoms with Crippen LogP contribution in [0, 0.1) is 5.92 Å². The van der Waals surface area contributed by atoms with E-state index in [-0.39, 0.29) is 11.7 Å². The van der Waals surface area contributed by atoms with Crippen molar-refractivity contribution >= 4 is 5.78 Å². The van der Waals surface area contributed by atoms with Crippen molar-refractivity contribution in [3.05, 3.63) is 18.0 Å². The molecule has 76 valence electrons. The molecule has 0 unspecified atom stereocenters. The summed E-state index contributed by atoms with van der Waals surface area (Å²) < 4.78 is 1.66. The van der Waals surface area contributed by atoms with Crippen LogP contribution in [0.5, 0.6) is 0 Å². The molecule has 0 aliphatic carbocycles. The highest BCUT2D eigenvalue weighted by Crippen LogP contribution is 2.17. The van der Waals surface area contributed by atoms with E-state index in [1.165, 1.54) is 0 Å². The molecular weight excluding hydrogens is 178 g/mol. The summed E-state index contributed by atoms with van der Waals surface area (Å²) in [5, 5.41) is 7.27. The average Bonchev–Trinajstić information content (AvgIpc) is 2.65. The monoisotopic (exact) mass is 193 g/mol. The second-order valence-corrected chi connectivity index (χ2v) is 3.73. The van der Waals surface area contributed by atoms with Crippen LogP contribution in [0.3, 0.4) is 0 Å². The lowest BCUT2D eigenvalue weighted by Crippen LogP contribution is -2.32. The Morgan fingerprint density at radius 3 is 2.86 bits per heavy atom. The van der Waals surface area contributed by atoms with Crippen molar-refractivity contribution in [1.82, 2.24) is 15.1 Å². The predicted molar refractivity (Wildman–Crippen MR) is 53.1 cm³/mol. The second-order valence-electron chi connectivity index (χ2n) is 3.73. The first-order valence-electron chi connectivity index (χ1n) is 5.02. The molecule has 1 aliphatic heterocycles. The molecule has 1 saturated heterocycles. The van der Waals surface area contributed by atoms with Crippen LogP contribution >= 0.6 is 0 Å². The smallest absolute Gasteiger partial charge is 0.183 e. The number of hydrogen-bond donors (Lipinski definition) is 1. The first kappa shape index (κ1) is 9.40. The first-order chi connectivity index (χ1) is 6.79. The lowest BCUT2D eigenvalue weighted by molar-refractivity contribution is 0.0885. The van der Waals surface area contributed by atoms with Gasteiger partial charge in [-0.1, -0.05) is 0 Å². The molecule has 1 fully saturated rings. The number of carbonyl (C=O) groups is 1. The second kappa shape index (κ2) is 3.92. The fourth-order valence-corrected chi connectivity index (χ4v) is 1.91. The Kier molecular flexibility index (Phi) is 2.63.